The van der Waals surface area contributed by atoms with Gasteiger partial charge in [-0.25, -0.2) is 4.79 Å². The molecule has 0 bridgehead atoms. The van der Waals surface area contributed by atoms with E-state index in [-0.39, 0.29) is 12.1 Å². The van der Waals surface area contributed by atoms with Crippen molar-refractivity contribution < 1.29 is 9.53 Å². The summed E-state index contributed by atoms with van der Waals surface area (Å²) in [5.74, 6) is 6.96. The van der Waals surface area contributed by atoms with Crippen molar-refractivity contribution in [3.05, 3.63) is 0 Å². The summed E-state index contributed by atoms with van der Waals surface area (Å²) in [7, 11) is 0. The SMILES string of the molecule is CCCCC(CC)CC(NN)C1CCN(C(=O)OC(C)(C)C)C1. The minimum absolute atomic E-state index is 0.200. The Morgan fingerprint density at radius 3 is 2.61 bits per heavy atom. The second-order valence-corrected chi connectivity index (χ2v) is 7.90. The Labute approximate surface area is 142 Å². The van der Waals surface area contributed by atoms with Crippen LogP contribution in [0.5, 0.6) is 0 Å². The molecule has 3 unspecified atom stereocenters. The number of carbonyl (C=O) groups excluding carboxylic acids is 1. The minimum Gasteiger partial charge on any atom is -0.444 e. The monoisotopic (exact) mass is 327 g/mol. The first-order chi connectivity index (χ1) is 10.8. The molecule has 0 aromatic carbocycles. The summed E-state index contributed by atoms with van der Waals surface area (Å²) in [6, 6.07) is 0.282. The molecule has 0 spiro atoms. The highest BCUT2D eigenvalue weighted by Gasteiger charge is 2.34. The van der Waals surface area contributed by atoms with Gasteiger partial charge in [-0.1, -0.05) is 39.5 Å². The van der Waals surface area contributed by atoms with Crippen LogP contribution in [0, 0.1) is 11.8 Å². The number of amides is 1. The van der Waals surface area contributed by atoms with Crippen molar-refractivity contribution in [3.8, 4) is 0 Å². The van der Waals surface area contributed by atoms with Crippen LogP contribution >= 0.6 is 0 Å². The number of nitrogens with zero attached hydrogens (tertiary/aromatic N) is 1. The van der Waals surface area contributed by atoms with Gasteiger partial charge in [-0.3, -0.25) is 11.3 Å². The van der Waals surface area contributed by atoms with E-state index in [2.05, 4.69) is 19.3 Å². The quantitative estimate of drug-likeness (QED) is 0.527. The number of nitrogens with two attached hydrogens (primary N) is 1. The molecule has 0 radical (unpaired) electrons. The standard InChI is InChI=1S/C18H37N3O2/c1-6-8-9-14(7-2)12-16(20-19)15-10-11-21(13-15)17(22)23-18(3,4)5/h14-16,20H,6-13,19H2,1-5H3. The molecule has 1 heterocycles. The second kappa shape index (κ2) is 9.48. The molecule has 136 valence electrons. The molecule has 0 aromatic rings. The van der Waals surface area contributed by atoms with Gasteiger partial charge in [0.05, 0.1) is 0 Å². The van der Waals surface area contributed by atoms with E-state index >= 15 is 0 Å². The maximum absolute atomic E-state index is 12.2. The molecule has 0 aliphatic carbocycles. The Kier molecular flexibility index (Phi) is 8.34. The van der Waals surface area contributed by atoms with Crippen molar-refractivity contribution in [2.75, 3.05) is 13.1 Å². The molecule has 1 aliphatic heterocycles. The van der Waals surface area contributed by atoms with Crippen LogP contribution in [0.3, 0.4) is 0 Å². The molecule has 0 saturated carbocycles. The fourth-order valence-electron chi connectivity index (χ4n) is 3.35. The third kappa shape index (κ3) is 7.08. The van der Waals surface area contributed by atoms with Crippen LogP contribution in [0.2, 0.25) is 0 Å². The lowest BCUT2D eigenvalue weighted by Crippen LogP contribution is -2.44. The van der Waals surface area contributed by atoms with E-state index in [9.17, 15) is 4.79 Å². The third-order valence-corrected chi connectivity index (χ3v) is 4.79. The molecule has 23 heavy (non-hydrogen) atoms. The van der Waals surface area contributed by atoms with Gasteiger partial charge in [0.1, 0.15) is 5.60 Å². The van der Waals surface area contributed by atoms with Crippen molar-refractivity contribution in [1.29, 1.82) is 0 Å². The van der Waals surface area contributed by atoms with Crippen LogP contribution in [0.1, 0.15) is 73.1 Å². The van der Waals surface area contributed by atoms with Crippen LogP contribution in [0.15, 0.2) is 0 Å². The molecule has 0 aromatic heterocycles. The zero-order valence-corrected chi connectivity index (χ0v) is 15.7. The second-order valence-electron chi connectivity index (χ2n) is 7.90. The number of carbonyl (C=O) groups is 1. The summed E-state index contributed by atoms with van der Waals surface area (Å²) in [5, 5.41) is 0. The van der Waals surface area contributed by atoms with Crippen molar-refractivity contribution in [3.63, 3.8) is 0 Å². The Bertz CT molecular complexity index is 355. The van der Waals surface area contributed by atoms with E-state index in [1.807, 2.05) is 25.7 Å². The zero-order valence-electron chi connectivity index (χ0n) is 15.7. The first-order valence-corrected chi connectivity index (χ1v) is 9.24. The molecule has 1 amide bonds. The fraction of sp³-hybridized carbons (Fsp3) is 0.944. The smallest absolute Gasteiger partial charge is 0.410 e. The number of hydrogen-bond donors (Lipinski definition) is 2. The topological polar surface area (TPSA) is 67.6 Å². The summed E-state index contributed by atoms with van der Waals surface area (Å²) >= 11 is 0. The van der Waals surface area contributed by atoms with Gasteiger partial charge in [-0.15, -0.1) is 0 Å². The Balaban J connectivity index is 2.52. The number of rotatable bonds is 8. The van der Waals surface area contributed by atoms with E-state index in [1.165, 1.54) is 25.7 Å². The molecule has 1 rings (SSSR count). The summed E-state index contributed by atoms with van der Waals surface area (Å²) in [6.07, 6.45) is 6.89. The Morgan fingerprint density at radius 2 is 2.09 bits per heavy atom. The predicted octanol–water partition coefficient (Wildman–Crippen LogP) is 3.68. The van der Waals surface area contributed by atoms with Crippen molar-refractivity contribution >= 4 is 6.09 Å². The van der Waals surface area contributed by atoms with Crippen LogP contribution in [0.4, 0.5) is 4.79 Å². The number of ether oxygens (including phenoxy) is 1. The molecule has 3 N–H and O–H groups in total. The third-order valence-electron chi connectivity index (χ3n) is 4.79. The highest BCUT2D eigenvalue weighted by molar-refractivity contribution is 5.68. The number of hydrogen-bond acceptors (Lipinski definition) is 4. The molecule has 1 fully saturated rings. The summed E-state index contributed by atoms with van der Waals surface area (Å²) in [4.78, 5) is 14.0. The van der Waals surface area contributed by atoms with E-state index < -0.39 is 5.60 Å². The van der Waals surface area contributed by atoms with E-state index in [0.717, 1.165) is 25.9 Å². The van der Waals surface area contributed by atoms with Gasteiger partial charge in [-0.05, 0) is 45.4 Å². The van der Waals surface area contributed by atoms with Gasteiger partial charge in [-0.2, -0.15) is 0 Å². The van der Waals surface area contributed by atoms with Crippen LogP contribution in [0.25, 0.3) is 0 Å². The van der Waals surface area contributed by atoms with E-state index in [4.69, 9.17) is 10.6 Å². The average molecular weight is 328 g/mol. The zero-order chi connectivity index (χ0) is 17.5. The predicted molar refractivity (Wildman–Crippen MR) is 94.9 cm³/mol. The molecule has 5 nitrogen and oxygen atoms in total. The molecule has 1 aliphatic rings. The van der Waals surface area contributed by atoms with Gasteiger partial charge >= 0.3 is 6.09 Å². The maximum Gasteiger partial charge on any atom is 0.410 e. The van der Waals surface area contributed by atoms with Gasteiger partial charge in [0.15, 0.2) is 0 Å². The van der Waals surface area contributed by atoms with Gasteiger partial charge in [0.25, 0.3) is 0 Å². The fourth-order valence-corrected chi connectivity index (χ4v) is 3.35. The maximum atomic E-state index is 12.2. The van der Waals surface area contributed by atoms with Gasteiger partial charge < -0.3 is 9.64 Å². The van der Waals surface area contributed by atoms with Crippen LogP contribution < -0.4 is 11.3 Å². The summed E-state index contributed by atoms with van der Waals surface area (Å²) in [5.41, 5.74) is 2.58. The van der Waals surface area contributed by atoms with Crippen molar-refractivity contribution in [2.45, 2.75) is 84.8 Å². The largest absolute Gasteiger partial charge is 0.444 e. The first-order valence-electron chi connectivity index (χ1n) is 9.24. The molecular formula is C18H37N3O2. The highest BCUT2D eigenvalue weighted by atomic mass is 16.6. The minimum atomic E-state index is -0.436. The first kappa shape index (κ1) is 20.2. The molecular weight excluding hydrogens is 290 g/mol. The lowest BCUT2D eigenvalue weighted by molar-refractivity contribution is 0.0284. The Hall–Kier alpha value is -0.810. The van der Waals surface area contributed by atoms with Crippen molar-refractivity contribution in [2.24, 2.45) is 17.7 Å². The van der Waals surface area contributed by atoms with Crippen LogP contribution in [-0.2, 0) is 4.74 Å². The summed E-state index contributed by atoms with van der Waals surface area (Å²) in [6.45, 7) is 11.7. The van der Waals surface area contributed by atoms with E-state index in [0.29, 0.717) is 11.8 Å². The van der Waals surface area contributed by atoms with Crippen LogP contribution in [-0.4, -0.2) is 35.7 Å². The van der Waals surface area contributed by atoms with Crippen molar-refractivity contribution in [1.82, 2.24) is 10.3 Å². The Morgan fingerprint density at radius 1 is 1.39 bits per heavy atom. The number of nitrogens with one attached hydrogen (secondary N) is 1. The van der Waals surface area contributed by atoms with E-state index in [1.54, 1.807) is 0 Å². The molecule has 1 saturated heterocycles. The normalized spacial score (nSPS) is 21.3. The molecule has 3 atom stereocenters. The highest BCUT2D eigenvalue weighted by Crippen LogP contribution is 2.27. The van der Waals surface area contributed by atoms with Gasteiger partial charge in [0.2, 0.25) is 0 Å². The lowest BCUT2D eigenvalue weighted by Gasteiger charge is -2.28. The number of unbranched alkanes of at least 4 members (excludes halogenated alkanes) is 1. The lowest BCUT2D eigenvalue weighted by atomic mass is 9.86. The molecule has 5 heteroatoms. The van der Waals surface area contributed by atoms with Gasteiger partial charge in [0, 0.05) is 19.1 Å². The number of likely N-dealkylation sites (tertiary alicyclic amines) is 1. The average Bonchev–Trinajstić information content (AvgIpc) is 2.96. The number of hydrazine groups is 1. The summed E-state index contributed by atoms with van der Waals surface area (Å²) < 4.78 is 5.47.